The van der Waals surface area contributed by atoms with Crippen molar-refractivity contribution in [2.45, 2.75) is 18.7 Å². The van der Waals surface area contributed by atoms with Crippen LogP contribution in [-0.2, 0) is 11.3 Å². The van der Waals surface area contributed by atoms with Gasteiger partial charge < -0.3 is 15.0 Å². The van der Waals surface area contributed by atoms with Gasteiger partial charge in [-0.05, 0) is 25.2 Å². The van der Waals surface area contributed by atoms with E-state index in [1.807, 2.05) is 12.1 Å². The zero-order valence-electron chi connectivity index (χ0n) is 18.5. The molecular weight excluding hydrogens is 437 g/mol. The maximum absolute atomic E-state index is 14.8. The fourth-order valence-electron chi connectivity index (χ4n) is 5.06. The molecule has 3 aliphatic heterocycles. The first kappa shape index (κ1) is 20.8. The van der Waals surface area contributed by atoms with Crippen LogP contribution in [-0.4, -0.2) is 71.0 Å². The summed E-state index contributed by atoms with van der Waals surface area (Å²) in [5, 5.41) is 17.1. The molecule has 10 heteroatoms. The first-order chi connectivity index (χ1) is 16.5. The minimum absolute atomic E-state index is 0.115. The molecule has 5 heterocycles. The maximum atomic E-state index is 14.8. The fraction of sp³-hybridized carbons (Fsp3) is 0.333. The monoisotopic (exact) mass is 459 g/mol. The SMILES string of the molecule is CN1CCO[C@@H]2CN(c3ccn(-c4cc(-c5c(F)cccc5C#N)nc5c4C(=O)NC5)n3)CC21. The number of benzene rings is 1. The molecule has 2 atom stereocenters. The minimum atomic E-state index is -0.542. The van der Waals surface area contributed by atoms with Gasteiger partial charge in [0, 0.05) is 31.9 Å². The van der Waals surface area contributed by atoms with Crippen LogP contribution in [0.3, 0.4) is 0 Å². The second kappa shape index (κ2) is 7.90. The van der Waals surface area contributed by atoms with E-state index < -0.39 is 5.82 Å². The first-order valence-electron chi connectivity index (χ1n) is 11.2. The van der Waals surface area contributed by atoms with Crippen molar-refractivity contribution in [3.05, 3.63) is 59.2 Å². The van der Waals surface area contributed by atoms with Crippen molar-refractivity contribution in [1.29, 1.82) is 5.26 Å². The van der Waals surface area contributed by atoms with Crippen molar-refractivity contribution in [2.24, 2.45) is 0 Å². The number of ether oxygens (including phenoxy) is 1. The second-order valence-corrected chi connectivity index (χ2v) is 8.79. The smallest absolute Gasteiger partial charge is 0.255 e. The Kier molecular flexibility index (Phi) is 4.83. The second-order valence-electron chi connectivity index (χ2n) is 8.79. The number of fused-ring (bicyclic) bond motifs is 2. The molecule has 0 saturated carbocycles. The number of hydrogen-bond acceptors (Lipinski definition) is 7. The van der Waals surface area contributed by atoms with Crippen molar-refractivity contribution >= 4 is 11.7 Å². The zero-order chi connectivity index (χ0) is 23.4. The Morgan fingerprint density at radius 3 is 2.97 bits per heavy atom. The predicted octanol–water partition coefficient (Wildman–Crippen LogP) is 1.71. The highest BCUT2D eigenvalue weighted by Crippen LogP contribution is 2.32. The number of carbonyl (C=O) groups is 1. The Bertz CT molecular complexity index is 1350. The van der Waals surface area contributed by atoms with Gasteiger partial charge >= 0.3 is 0 Å². The molecule has 1 unspecified atom stereocenters. The molecule has 2 saturated heterocycles. The van der Waals surface area contributed by atoms with Gasteiger partial charge in [0.25, 0.3) is 5.91 Å². The number of nitrogens with zero attached hydrogens (tertiary/aromatic N) is 6. The molecule has 6 rings (SSSR count). The molecule has 9 nitrogen and oxygen atoms in total. The normalized spacial score (nSPS) is 21.8. The van der Waals surface area contributed by atoms with Crippen LogP contribution in [0.4, 0.5) is 10.2 Å². The Labute approximate surface area is 195 Å². The predicted molar refractivity (Wildman–Crippen MR) is 121 cm³/mol. The Morgan fingerprint density at radius 1 is 1.26 bits per heavy atom. The number of morpholine rings is 1. The molecule has 2 fully saturated rings. The number of amides is 1. The van der Waals surface area contributed by atoms with E-state index in [0.29, 0.717) is 28.7 Å². The van der Waals surface area contributed by atoms with Crippen LogP contribution in [0.5, 0.6) is 0 Å². The maximum Gasteiger partial charge on any atom is 0.255 e. The van der Waals surface area contributed by atoms with Gasteiger partial charge in [0.1, 0.15) is 5.82 Å². The molecule has 1 N–H and O–H groups in total. The van der Waals surface area contributed by atoms with Crippen LogP contribution in [0.1, 0.15) is 21.6 Å². The topological polar surface area (TPSA) is 99.3 Å². The minimum Gasteiger partial charge on any atom is -0.373 e. The molecule has 1 aromatic carbocycles. The Hall–Kier alpha value is -3.81. The van der Waals surface area contributed by atoms with Gasteiger partial charge in [-0.2, -0.15) is 10.4 Å². The Morgan fingerprint density at radius 2 is 2.15 bits per heavy atom. The number of nitriles is 1. The highest BCUT2D eigenvalue weighted by atomic mass is 19.1. The summed E-state index contributed by atoms with van der Waals surface area (Å²) in [5.41, 5.74) is 2.00. The van der Waals surface area contributed by atoms with Gasteiger partial charge in [-0.15, -0.1) is 0 Å². The third kappa shape index (κ3) is 3.24. The summed E-state index contributed by atoms with van der Waals surface area (Å²) in [5.74, 6) is -0.0161. The number of hydrogen-bond donors (Lipinski definition) is 1. The summed E-state index contributed by atoms with van der Waals surface area (Å²) in [6.45, 7) is 3.41. The molecule has 0 aliphatic carbocycles. The fourth-order valence-corrected chi connectivity index (χ4v) is 5.06. The largest absolute Gasteiger partial charge is 0.373 e. The molecule has 0 radical (unpaired) electrons. The lowest BCUT2D eigenvalue weighted by Gasteiger charge is -2.33. The lowest BCUT2D eigenvalue weighted by atomic mass is 10.0. The average molecular weight is 459 g/mol. The first-order valence-corrected chi connectivity index (χ1v) is 11.2. The van der Waals surface area contributed by atoms with Gasteiger partial charge in [-0.1, -0.05) is 6.07 Å². The number of anilines is 1. The van der Waals surface area contributed by atoms with Gasteiger partial charge in [-0.25, -0.2) is 14.1 Å². The summed E-state index contributed by atoms with van der Waals surface area (Å²) in [6.07, 6.45) is 1.93. The number of halogens is 1. The van der Waals surface area contributed by atoms with Crippen LogP contribution < -0.4 is 10.2 Å². The molecule has 172 valence electrons. The van der Waals surface area contributed by atoms with E-state index in [9.17, 15) is 14.4 Å². The number of likely N-dealkylation sites (N-methyl/N-ethyl adjacent to an activating group) is 1. The van der Waals surface area contributed by atoms with Gasteiger partial charge in [0.15, 0.2) is 5.82 Å². The van der Waals surface area contributed by atoms with Gasteiger partial charge in [0.2, 0.25) is 0 Å². The summed E-state index contributed by atoms with van der Waals surface area (Å²) < 4.78 is 22.3. The highest BCUT2D eigenvalue weighted by Gasteiger charge is 2.39. The summed E-state index contributed by atoms with van der Waals surface area (Å²) in [4.78, 5) is 21.6. The third-order valence-electron chi connectivity index (χ3n) is 6.83. The molecule has 0 bridgehead atoms. The van der Waals surface area contributed by atoms with Crippen LogP contribution in [0.2, 0.25) is 0 Å². The molecule has 0 spiro atoms. The van der Waals surface area contributed by atoms with Crippen molar-refractivity contribution in [1.82, 2.24) is 25.0 Å². The number of pyridine rings is 1. The lowest BCUT2D eigenvalue weighted by molar-refractivity contribution is -0.0362. The lowest BCUT2D eigenvalue weighted by Crippen LogP contribution is -2.48. The van der Waals surface area contributed by atoms with Crippen LogP contribution >= 0.6 is 0 Å². The average Bonchev–Trinajstić information content (AvgIpc) is 3.57. The molecular formula is C24H22FN7O2. The van der Waals surface area contributed by atoms with E-state index in [2.05, 4.69) is 27.1 Å². The number of aromatic nitrogens is 3. The van der Waals surface area contributed by atoms with E-state index in [1.165, 1.54) is 12.1 Å². The molecule has 34 heavy (non-hydrogen) atoms. The number of nitrogens with one attached hydrogen (secondary N) is 1. The van der Waals surface area contributed by atoms with Crippen LogP contribution in [0.25, 0.3) is 16.9 Å². The van der Waals surface area contributed by atoms with E-state index in [-0.39, 0.29) is 29.7 Å². The van der Waals surface area contributed by atoms with Crippen molar-refractivity contribution in [2.75, 3.05) is 38.2 Å². The van der Waals surface area contributed by atoms with Crippen molar-refractivity contribution in [3.8, 4) is 23.0 Å². The summed E-state index contributed by atoms with van der Waals surface area (Å²) >= 11 is 0. The van der Waals surface area contributed by atoms with E-state index in [1.54, 1.807) is 23.0 Å². The zero-order valence-corrected chi connectivity index (χ0v) is 18.5. The van der Waals surface area contributed by atoms with Crippen LogP contribution in [0, 0.1) is 17.1 Å². The van der Waals surface area contributed by atoms with Crippen LogP contribution in [0.15, 0.2) is 36.5 Å². The summed E-state index contributed by atoms with van der Waals surface area (Å²) in [7, 11) is 2.11. The van der Waals surface area contributed by atoms with Gasteiger partial charge in [-0.3, -0.25) is 9.69 Å². The number of carbonyl (C=O) groups excluding carboxylic acids is 1. The van der Waals surface area contributed by atoms with Crippen molar-refractivity contribution in [3.63, 3.8) is 0 Å². The highest BCUT2D eigenvalue weighted by molar-refractivity contribution is 6.01. The molecule has 1 amide bonds. The molecule has 2 aromatic heterocycles. The van der Waals surface area contributed by atoms with E-state index in [0.717, 1.165) is 32.1 Å². The number of rotatable bonds is 3. The molecule has 3 aromatic rings. The third-order valence-corrected chi connectivity index (χ3v) is 6.83. The quantitative estimate of drug-likeness (QED) is 0.637. The standard InChI is InChI=1S/C24H22FN7O2/c1-30-7-8-34-20-13-31(12-19(20)30)21-5-6-32(29-21)18-9-16(28-17-11-27-24(33)23(17)18)22-14(10-26)3-2-4-15(22)25/h2-6,9,19-20H,7-8,11-13H2,1H3,(H,27,33)/t19?,20-/m1/s1. The van der Waals surface area contributed by atoms with E-state index >= 15 is 0 Å². The summed E-state index contributed by atoms with van der Waals surface area (Å²) in [6, 6.07) is 10.2. The van der Waals surface area contributed by atoms with Crippen molar-refractivity contribution < 1.29 is 13.9 Å². The van der Waals surface area contributed by atoms with Gasteiger partial charge in [0.05, 0.1) is 65.1 Å². The Balaban J connectivity index is 1.41. The van der Waals surface area contributed by atoms with E-state index in [4.69, 9.17) is 9.84 Å². The molecule has 3 aliphatic rings.